The summed E-state index contributed by atoms with van der Waals surface area (Å²) in [6.07, 6.45) is 8.42. The zero-order valence-electron chi connectivity index (χ0n) is 18.8. The van der Waals surface area contributed by atoms with E-state index in [-0.39, 0.29) is 6.03 Å². The van der Waals surface area contributed by atoms with Crippen molar-refractivity contribution in [3.05, 3.63) is 84.0 Å². The van der Waals surface area contributed by atoms with Crippen LogP contribution in [0.25, 0.3) is 11.0 Å². The number of allylic oxidation sites excluding steroid dienone is 4. The van der Waals surface area contributed by atoms with Crippen LogP contribution in [0.1, 0.15) is 31.3 Å². The van der Waals surface area contributed by atoms with E-state index in [2.05, 4.69) is 39.1 Å². The topological polar surface area (TPSA) is 108 Å². The van der Waals surface area contributed by atoms with E-state index in [0.717, 1.165) is 22.2 Å². The number of pyridine rings is 1. The Balaban J connectivity index is 2.13. The molecule has 8 heteroatoms. The number of anilines is 1. The fourth-order valence-corrected chi connectivity index (χ4v) is 2.77. The van der Waals surface area contributed by atoms with Crippen molar-refractivity contribution in [1.29, 1.82) is 0 Å². The van der Waals surface area contributed by atoms with Gasteiger partial charge in [-0.2, -0.15) is 0 Å². The Bertz CT molecular complexity index is 1120. The molecule has 0 saturated carbocycles. The zero-order valence-corrected chi connectivity index (χ0v) is 18.8. The van der Waals surface area contributed by atoms with Gasteiger partial charge in [0.2, 0.25) is 0 Å². The van der Waals surface area contributed by atoms with Gasteiger partial charge in [-0.1, -0.05) is 24.8 Å². The molecule has 2 amide bonds. The lowest BCUT2D eigenvalue weighted by atomic mass is 10.1. The number of aromatic nitrogens is 2. The van der Waals surface area contributed by atoms with Crippen LogP contribution in [0.4, 0.5) is 10.5 Å². The van der Waals surface area contributed by atoms with Crippen molar-refractivity contribution < 1.29 is 14.3 Å². The Morgan fingerprint density at radius 2 is 1.84 bits per heavy atom. The number of nitrogens with one attached hydrogen (secondary N) is 4. The molecule has 0 fully saturated rings. The zero-order chi connectivity index (χ0) is 23.7. The summed E-state index contributed by atoms with van der Waals surface area (Å²) in [5.74, 6) is -0.447. The van der Waals surface area contributed by atoms with E-state index in [1.807, 2.05) is 32.9 Å². The molecule has 2 heterocycles. The quantitative estimate of drug-likeness (QED) is 0.341. The lowest BCUT2D eigenvalue weighted by molar-refractivity contribution is 0.0595. The minimum Gasteiger partial charge on any atom is -0.464 e. The number of H-pyrrole nitrogens is 1. The van der Waals surface area contributed by atoms with Crippen molar-refractivity contribution in [2.75, 3.05) is 19.0 Å². The molecule has 0 aliphatic heterocycles. The van der Waals surface area contributed by atoms with Crippen LogP contribution in [-0.2, 0) is 4.74 Å². The smallest absolute Gasteiger partial charge is 0.354 e. The number of esters is 1. The largest absolute Gasteiger partial charge is 0.464 e. The van der Waals surface area contributed by atoms with Crippen LogP contribution in [0.3, 0.4) is 0 Å². The second-order valence-corrected chi connectivity index (χ2v) is 7.05. The minimum atomic E-state index is -0.447. The van der Waals surface area contributed by atoms with Crippen molar-refractivity contribution >= 4 is 28.7 Å². The molecular weight excluding hydrogens is 406 g/mol. The van der Waals surface area contributed by atoms with Gasteiger partial charge in [0.15, 0.2) is 0 Å². The molecule has 0 saturated heterocycles. The molecule has 0 aromatic carbocycles. The van der Waals surface area contributed by atoms with Crippen LogP contribution in [0.5, 0.6) is 0 Å². The van der Waals surface area contributed by atoms with Crippen LogP contribution in [-0.4, -0.2) is 35.6 Å². The molecule has 0 aliphatic carbocycles. The van der Waals surface area contributed by atoms with Crippen LogP contribution >= 0.6 is 0 Å². The fourth-order valence-electron chi connectivity index (χ4n) is 2.77. The first-order valence-electron chi connectivity index (χ1n) is 9.99. The van der Waals surface area contributed by atoms with E-state index in [4.69, 9.17) is 4.74 Å². The van der Waals surface area contributed by atoms with E-state index in [9.17, 15) is 9.59 Å². The average molecular weight is 436 g/mol. The Labute approximate surface area is 187 Å². The van der Waals surface area contributed by atoms with Crippen molar-refractivity contribution in [2.45, 2.75) is 20.8 Å². The van der Waals surface area contributed by atoms with Gasteiger partial charge in [0.1, 0.15) is 11.3 Å². The van der Waals surface area contributed by atoms with E-state index in [1.54, 1.807) is 30.5 Å². The molecule has 168 valence electrons. The van der Waals surface area contributed by atoms with Gasteiger partial charge in [0.05, 0.1) is 19.0 Å². The van der Waals surface area contributed by atoms with Crippen LogP contribution in [0.15, 0.2) is 78.3 Å². The number of fused-ring (bicyclic) bond motifs is 1. The molecule has 8 nitrogen and oxygen atoms in total. The molecule has 0 bridgehead atoms. The van der Waals surface area contributed by atoms with Gasteiger partial charge < -0.3 is 25.7 Å². The SMILES string of the molecule is C=C/C(=C\C)NC(=O)N/C(C=C)=C/C(CNc1cnc2[nH]c(C(=O)OC)cc2c1)=C(C)C. The highest BCUT2D eigenvalue weighted by molar-refractivity contribution is 5.94. The predicted octanol–water partition coefficient (Wildman–Crippen LogP) is 4.56. The van der Waals surface area contributed by atoms with Crippen molar-refractivity contribution in [3.63, 3.8) is 0 Å². The van der Waals surface area contributed by atoms with Gasteiger partial charge >= 0.3 is 12.0 Å². The average Bonchev–Trinajstić information content (AvgIpc) is 3.22. The first kappa shape index (κ1) is 24.2. The fraction of sp³-hybridized carbons (Fsp3) is 0.208. The summed E-state index contributed by atoms with van der Waals surface area (Å²) in [6.45, 7) is 13.7. The number of ether oxygens (including phenoxy) is 1. The molecule has 0 aliphatic rings. The molecular formula is C24H29N5O3. The van der Waals surface area contributed by atoms with Gasteiger partial charge in [0, 0.05) is 23.3 Å². The van der Waals surface area contributed by atoms with Gasteiger partial charge in [-0.15, -0.1) is 0 Å². The normalized spacial score (nSPS) is 11.5. The van der Waals surface area contributed by atoms with E-state index in [1.165, 1.54) is 7.11 Å². The van der Waals surface area contributed by atoms with E-state index in [0.29, 0.717) is 29.3 Å². The number of carbonyl (C=O) groups excluding carboxylic acids is 2. The Morgan fingerprint density at radius 3 is 2.44 bits per heavy atom. The molecule has 0 radical (unpaired) electrons. The summed E-state index contributed by atoms with van der Waals surface area (Å²) in [5.41, 5.74) is 4.94. The summed E-state index contributed by atoms with van der Waals surface area (Å²) in [4.78, 5) is 31.2. The summed E-state index contributed by atoms with van der Waals surface area (Å²) >= 11 is 0. The van der Waals surface area contributed by atoms with Crippen molar-refractivity contribution in [1.82, 2.24) is 20.6 Å². The number of aromatic amines is 1. The minimum absolute atomic E-state index is 0.345. The summed E-state index contributed by atoms with van der Waals surface area (Å²) in [6, 6.07) is 3.21. The monoisotopic (exact) mass is 435 g/mol. The molecule has 2 aromatic rings. The molecule has 2 aromatic heterocycles. The third-order valence-electron chi connectivity index (χ3n) is 4.60. The predicted molar refractivity (Wildman–Crippen MR) is 128 cm³/mol. The molecule has 0 spiro atoms. The van der Waals surface area contributed by atoms with E-state index >= 15 is 0 Å². The highest BCUT2D eigenvalue weighted by Crippen LogP contribution is 2.19. The summed E-state index contributed by atoms with van der Waals surface area (Å²) < 4.78 is 4.73. The van der Waals surface area contributed by atoms with Crippen LogP contribution < -0.4 is 16.0 Å². The first-order valence-corrected chi connectivity index (χ1v) is 9.99. The first-order chi connectivity index (χ1) is 15.3. The highest BCUT2D eigenvalue weighted by atomic mass is 16.5. The molecule has 2 rings (SSSR count). The molecule has 0 unspecified atom stereocenters. The third kappa shape index (κ3) is 6.46. The standard InChI is InChI=1S/C24H29N5O3/c1-7-18(8-2)27-24(31)28-19(9-3)11-17(15(4)5)13-25-20-10-16-12-21(23(30)32-6)29-22(16)26-14-20/h7-12,14,25H,1,3,13H2,2,4-6H3,(H,26,29)(H2,27,28,31)/b18-8+,19-11+. The highest BCUT2D eigenvalue weighted by Gasteiger charge is 2.11. The number of hydrogen-bond acceptors (Lipinski definition) is 5. The molecule has 0 atom stereocenters. The van der Waals surface area contributed by atoms with Crippen LogP contribution in [0.2, 0.25) is 0 Å². The number of methoxy groups -OCH3 is 1. The Hall–Kier alpha value is -4.07. The second kappa shape index (κ2) is 11.4. The number of urea groups is 1. The Kier molecular flexibility index (Phi) is 8.59. The molecule has 4 N–H and O–H groups in total. The van der Waals surface area contributed by atoms with Crippen molar-refractivity contribution in [3.8, 4) is 0 Å². The third-order valence-corrected chi connectivity index (χ3v) is 4.60. The summed E-state index contributed by atoms with van der Waals surface area (Å²) in [5, 5.41) is 9.59. The second-order valence-electron chi connectivity index (χ2n) is 7.05. The number of amides is 2. The lowest BCUT2D eigenvalue weighted by Crippen LogP contribution is -2.33. The van der Waals surface area contributed by atoms with E-state index < -0.39 is 5.97 Å². The maximum absolute atomic E-state index is 12.2. The molecule has 32 heavy (non-hydrogen) atoms. The number of hydrogen-bond donors (Lipinski definition) is 4. The Morgan fingerprint density at radius 1 is 1.16 bits per heavy atom. The van der Waals surface area contributed by atoms with Crippen molar-refractivity contribution in [2.24, 2.45) is 0 Å². The maximum atomic E-state index is 12.2. The maximum Gasteiger partial charge on any atom is 0.354 e. The van der Waals surface area contributed by atoms with Gasteiger partial charge in [-0.3, -0.25) is 0 Å². The van der Waals surface area contributed by atoms with Gasteiger partial charge in [0.25, 0.3) is 0 Å². The van der Waals surface area contributed by atoms with Crippen LogP contribution in [0, 0.1) is 0 Å². The van der Waals surface area contributed by atoms with Gasteiger partial charge in [-0.25, -0.2) is 14.6 Å². The number of rotatable bonds is 9. The lowest BCUT2D eigenvalue weighted by Gasteiger charge is -2.12. The van der Waals surface area contributed by atoms with Gasteiger partial charge in [-0.05, 0) is 56.7 Å². The number of nitrogens with zero attached hydrogens (tertiary/aromatic N) is 1. The number of carbonyl (C=O) groups is 2. The summed E-state index contributed by atoms with van der Waals surface area (Å²) in [7, 11) is 1.33.